The molecule has 2 N–H and O–H groups in total. The first-order valence-electron chi connectivity index (χ1n) is 9.32. The van der Waals surface area contributed by atoms with Crippen molar-refractivity contribution >= 4 is 33.4 Å². The molecule has 0 heterocycles. The Bertz CT molecular complexity index is 844. The van der Waals surface area contributed by atoms with Crippen molar-refractivity contribution in [2.75, 3.05) is 18.5 Å². The summed E-state index contributed by atoms with van der Waals surface area (Å²) in [4.78, 5) is 24.6. The number of halogens is 1. The maximum Gasteiger partial charge on any atom is 0.262 e. The number of rotatable bonds is 7. The summed E-state index contributed by atoms with van der Waals surface area (Å²) in [6.07, 6.45) is 0.844. The third kappa shape index (κ3) is 6.09. The van der Waals surface area contributed by atoms with Crippen LogP contribution >= 0.6 is 15.9 Å². The van der Waals surface area contributed by atoms with Crippen LogP contribution in [0.4, 0.5) is 5.69 Å². The minimum absolute atomic E-state index is 0.0283. The summed E-state index contributed by atoms with van der Waals surface area (Å²) in [5.74, 6) is 0.0545. The molecule has 0 aliphatic rings. The van der Waals surface area contributed by atoms with E-state index >= 15 is 0 Å². The Labute approximate surface area is 175 Å². The molecule has 2 amide bonds. The molecule has 0 saturated heterocycles. The van der Waals surface area contributed by atoms with E-state index in [1.807, 2.05) is 25.1 Å². The van der Waals surface area contributed by atoms with E-state index in [-0.39, 0.29) is 23.8 Å². The zero-order valence-electron chi connectivity index (χ0n) is 16.8. The van der Waals surface area contributed by atoms with Crippen LogP contribution < -0.4 is 15.4 Å². The van der Waals surface area contributed by atoms with Crippen LogP contribution in [-0.4, -0.2) is 25.0 Å². The van der Waals surface area contributed by atoms with Gasteiger partial charge in [0.1, 0.15) is 5.75 Å². The number of carbonyl (C=O) groups excluding carboxylic acids is 2. The van der Waals surface area contributed by atoms with Crippen molar-refractivity contribution in [3.8, 4) is 5.75 Å². The average molecular weight is 447 g/mol. The van der Waals surface area contributed by atoms with Crippen LogP contribution in [0, 0.1) is 0 Å². The van der Waals surface area contributed by atoms with Gasteiger partial charge in [-0.05, 0) is 57.6 Å². The Hall–Kier alpha value is -2.34. The van der Waals surface area contributed by atoms with Crippen LogP contribution in [0.25, 0.3) is 0 Å². The standard InChI is InChI=1S/C22H27BrN2O3/c1-5-12-24-21(27)16-8-6-7-9-18(16)25-20(26)14-28-19-11-10-15(13-17(19)23)22(2,3)4/h6-11,13H,5,12,14H2,1-4H3,(H,24,27)(H,25,26). The molecule has 0 fully saturated rings. The van der Waals surface area contributed by atoms with E-state index in [4.69, 9.17) is 4.74 Å². The molecular formula is C22H27BrN2O3. The summed E-state index contributed by atoms with van der Waals surface area (Å²) in [6, 6.07) is 12.8. The Balaban J connectivity index is 2.01. The average Bonchev–Trinajstić information content (AvgIpc) is 2.64. The van der Waals surface area contributed by atoms with E-state index in [0.717, 1.165) is 10.9 Å². The fourth-order valence-corrected chi connectivity index (χ4v) is 3.03. The molecule has 0 aliphatic carbocycles. The molecule has 0 bridgehead atoms. The van der Waals surface area contributed by atoms with E-state index in [9.17, 15) is 9.59 Å². The molecule has 0 saturated carbocycles. The van der Waals surface area contributed by atoms with E-state index in [1.165, 1.54) is 5.56 Å². The number of anilines is 1. The van der Waals surface area contributed by atoms with Gasteiger partial charge in [0, 0.05) is 6.54 Å². The predicted octanol–water partition coefficient (Wildman–Crippen LogP) is 4.90. The first kappa shape index (κ1) is 22.0. The van der Waals surface area contributed by atoms with Gasteiger partial charge in [0.05, 0.1) is 15.7 Å². The van der Waals surface area contributed by atoms with Gasteiger partial charge in [-0.15, -0.1) is 0 Å². The zero-order chi connectivity index (χ0) is 20.7. The minimum atomic E-state index is -0.331. The second kappa shape index (κ2) is 9.73. The molecule has 2 aromatic carbocycles. The van der Waals surface area contributed by atoms with E-state index in [2.05, 4.69) is 47.3 Å². The molecule has 0 atom stereocenters. The SMILES string of the molecule is CCCNC(=O)c1ccccc1NC(=O)COc1ccc(C(C)(C)C)cc1Br. The highest BCUT2D eigenvalue weighted by Gasteiger charge is 2.16. The van der Waals surface area contributed by atoms with Crippen molar-refractivity contribution in [3.63, 3.8) is 0 Å². The highest BCUT2D eigenvalue weighted by atomic mass is 79.9. The smallest absolute Gasteiger partial charge is 0.262 e. The fraction of sp³-hybridized carbons (Fsp3) is 0.364. The summed E-state index contributed by atoms with van der Waals surface area (Å²) in [5, 5.41) is 5.57. The van der Waals surface area contributed by atoms with Gasteiger partial charge in [-0.1, -0.05) is 45.9 Å². The number of benzene rings is 2. The van der Waals surface area contributed by atoms with Crippen molar-refractivity contribution in [2.45, 2.75) is 39.5 Å². The number of para-hydroxylation sites is 1. The fourth-order valence-electron chi connectivity index (χ4n) is 2.54. The van der Waals surface area contributed by atoms with Gasteiger partial charge in [-0.25, -0.2) is 0 Å². The molecule has 5 nitrogen and oxygen atoms in total. The lowest BCUT2D eigenvalue weighted by molar-refractivity contribution is -0.118. The highest BCUT2D eigenvalue weighted by Crippen LogP contribution is 2.31. The van der Waals surface area contributed by atoms with Crippen LogP contribution in [0.15, 0.2) is 46.9 Å². The molecule has 0 aliphatic heterocycles. The topological polar surface area (TPSA) is 67.4 Å². The van der Waals surface area contributed by atoms with Crippen molar-refractivity contribution in [1.29, 1.82) is 0 Å². The Morgan fingerprint density at radius 1 is 1.11 bits per heavy atom. The number of hydrogen-bond acceptors (Lipinski definition) is 3. The van der Waals surface area contributed by atoms with Crippen LogP contribution in [0.1, 0.15) is 50.0 Å². The van der Waals surface area contributed by atoms with E-state index in [0.29, 0.717) is 23.5 Å². The second-order valence-corrected chi connectivity index (χ2v) is 8.39. The van der Waals surface area contributed by atoms with Gasteiger partial charge in [0.25, 0.3) is 11.8 Å². The second-order valence-electron chi connectivity index (χ2n) is 7.53. The maximum atomic E-state index is 12.3. The molecule has 28 heavy (non-hydrogen) atoms. The van der Waals surface area contributed by atoms with Crippen LogP contribution in [-0.2, 0) is 10.2 Å². The quantitative estimate of drug-likeness (QED) is 0.634. The largest absolute Gasteiger partial charge is 0.483 e. The predicted molar refractivity (Wildman–Crippen MR) is 116 cm³/mol. The van der Waals surface area contributed by atoms with Crippen molar-refractivity contribution < 1.29 is 14.3 Å². The number of ether oxygens (including phenoxy) is 1. The molecule has 2 aromatic rings. The van der Waals surface area contributed by atoms with E-state index in [1.54, 1.807) is 24.3 Å². The molecule has 150 valence electrons. The van der Waals surface area contributed by atoms with E-state index < -0.39 is 0 Å². The number of carbonyl (C=O) groups is 2. The number of hydrogen-bond donors (Lipinski definition) is 2. The molecule has 0 aromatic heterocycles. The molecule has 6 heteroatoms. The number of amides is 2. The van der Waals surface area contributed by atoms with Crippen molar-refractivity contribution in [1.82, 2.24) is 5.32 Å². The lowest BCUT2D eigenvalue weighted by atomic mass is 9.87. The van der Waals surface area contributed by atoms with Gasteiger partial charge in [-0.3, -0.25) is 9.59 Å². The summed E-state index contributed by atoms with van der Waals surface area (Å²) in [6.45, 7) is 8.82. The number of nitrogens with one attached hydrogen (secondary N) is 2. The summed E-state index contributed by atoms with van der Waals surface area (Å²) in [7, 11) is 0. The minimum Gasteiger partial charge on any atom is -0.483 e. The third-order valence-corrected chi connectivity index (χ3v) is 4.76. The van der Waals surface area contributed by atoms with Crippen LogP contribution in [0.5, 0.6) is 5.75 Å². The van der Waals surface area contributed by atoms with Gasteiger partial charge >= 0.3 is 0 Å². The summed E-state index contributed by atoms with van der Waals surface area (Å²) >= 11 is 3.50. The van der Waals surface area contributed by atoms with Gasteiger partial charge in [-0.2, -0.15) is 0 Å². The molecule has 2 rings (SSSR count). The Morgan fingerprint density at radius 3 is 2.46 bits per heavy atom. The first-order chi connectivity index (χ1) is 13.2. The van der Waals surface area contributed by atoms with Crippen LogP contribution in [0.3, 0.4) is 0 Å². The maximum absolute atomic E-state index is 12.3. The first-order valence-corrected chi connectivity index (χ1v) is 10.1. The zero-order valence-corrected chi connectivity index (χ0v) is 18.4. The summed E-state index contributed by atoms with van der Waals surface area (Å²) in [5.41, 5.74) is 2.09. The lowest BCUT2D eigenvalue weighted by Crippen LogP contribution is -2.27. The lowest BCUT2D eigenvalue weighted by Gasteiger charge is -2.20. The third-order valence-electron chi connectivity index (χ3n) is 4.14. The van der Waals surface area contributed by atoms with Crippen molar-refractivity contribution in [3.05, 3.63) is 58.1 Å². The molecule has 0 unspecified atom stereocenters. The monoisotopic (exact) mass is 446 g/mol. The molecule has 0 spiro atoms. The summed E-state index contributed by atoms with van der Waals surface area (Å²) < 4.78 is 6.44. The van der Waals surface area contributed by atoms with Gasteiger partial charge in [0.15, 0.2) is 6.61 Å². The Morgan fingerprint density at radius 2 is 1.82 bits per heavy atom. The van der Waals surface area contributed by atoms with Crippen molar-refractivity contribution in [2.24, 2.45) is 0 Å². The Kier molecular flexibility index (Phi) is 7.63. The van der Waals surface area contributed by atoms with Gasteiger partial charge in [0.2, 0.25) is 0 Å². The normalized spacial score (nSPS) is 11.0. The molecule has 0 radical (unpaired) electrons. The highest BCUT2D eigenvalue weighted by molar-refractivity contribution is 9.10. The molecular weight excluding hydrogens is 420 g/mol. The van der Waals surface area contributed by atoms with Crippen LogP contribution in [0.2, 0.25) is 0 Å². The van der Waals surface area contributed by atoms with Gasteiger partial charge < -0.3 is 15.4 Å².